The van der Waals surface area contributed by atoms with Gasteiger partial charge in [0.25, 0.3) is 5.91 Å². The molecule has 5 rings (SSSR count). The summed E-state index contributed by atoms with van der Waals surface area (Å²) in [6, 6.07) is 0. The molecular weight excluding hydrogens is 380 g/mol. The second kappa shape index (κ2) is 6.75. The van der Waals surface area contributed by atoms with E-state index in [1.165, 1.54) is 11.9 Å². The lowest BCUT2D eigenvalue weighted by Gasteiger charge is -2.29. The maximum Gasteiger partial charge on any atom is 0.258 e. The van der Waals surface area contributed by atoms with Crippen LogP contribution in [0.5, 0.6) is 0 Å². The molecule has 0 radical (unpaired) electrons. The molecule has 4 heterocycles. The minimum Gasteiger partial charge on any atom is -0.442 e. The molecule has 0 spiro atoms. The molecule has 1 saturated carbocycles. The predicted molar refractivity (Wildman–Crippen MR) is 112 cm³/mol. The van der Waals surface area contributed by atoms with Gasteiger partial charge >= 0.3 is 0 Å². The number of rotatable bonds is 4. The third kappa shape index (κ3) is 3.11. The number of anilines is 1. The van der Waals surface area contributed by atoms with Gasteiger partial charge in [0.2, 0.25) is 5.71 Å². The van der Waals surface area contributed by atoms with Crippen LogP contribution in [0.2, 0.25) is 0 Å². The Morgan fingerprint density at radius 2 is 1.97 bits per heavy atom. The lowest BCUT2D eigenvalue weighted by molar-refractivity contribution is 0.0731. The Hall–Kier alpha value is -3.03. The fourth-order valence-electron chi connectivity index (χ4n) is 4.20. The standard InChI is InChI=1S/C22H26N6O2/c1-12(2)18-14-5-8-28(9-15(14)23-10-24-18)21(29)16-13(3)30-20-17(16)19(25-11-26-20)27-22(4)6-7-22/h10-12H,5-9H2,1-4H3,(H,25,26,27). The van der Waals surface area contributed by atoms with Gasteiger partial charge in [0, 0.05) is 17.8 Å². The fourth-order valence-corrected chi connectivity index (χ4v) is 4.20. The van der Waals surface area contributed by atoms with Gasteiger partial charge in [-0.15, -0.1) is 0 Å². The molecule has 0 bridgehead atoms. The van der Waals surface area contributed by atoms with Crippen LogP contribution < -0.4 is 5.32 Å². The van der Waals surface area contributed by atoms with Crippen molar-refractivity contribution in [2.45, 2.75) is 65.0 Å². The SMILES string of the molecule is Cc1oc2ncnc(NC3(C)CC3)c2c1C(=O)N1CCc2c(ncnc2C(C)C)C1. The lowest BCUT2D eigenvalue weighted by atomic mass is 9.96. The summed E-state index contributed by atoms with van der Waals surface area (Å²) in [6.45, 7) is 9.33. The molecule has 8 heteroatoms. The third-order valence-corrected chi connectivity index (χ3v) is 6.17. The molecule has 3 aromatic heterocycles. The lowest BCUT2D eigenvalue weighted by Crippen LogP contribution is -2.37. The summed E-state index contributed by atoms with van der Waals surface area (Å²) in [5.41, 5.74) is 4.20. The van der Waals surface area contributed by atoms with Gasteiger partial charge in [-0.3, -0.25) is 4.79 Å². The molecule has 1 amide bonds. The van der Waals surface area contributed by atoms with E-state index in [0.717, 1.165) is 30.7 Å². The first kappa shape index (κ1) is 19.0. The molecular formula is C22H26N6O2. The van der Waals surface area contributed by atoms with Crippen molar-refractivity contribution in [1.29, 1.82) is 0 Å². The average Bonchev–Trinajstić information content (AvgIpc) is 3.34. The molecule has 30 heavy (non-hydrogen) atoms. The van der Waals surface area contributed by atoms with Crippen molar-refractivity contribution in [3.8, 4) is 0 Å². The Morgan fingerprint density at radius 3 is 2.70 bits per heavy atom. The van der Waals surface area contributed by atoms with Crippen LogP contribution in [0.15, 0.2) is 17.1 Å². The summed E-state index contributed by atoms with van der Waals surface area (Å²) < 4.78 is 5.84. The van der Waals surface area contributed by atoms with Crippen molar-refractivity contribution in [3.05, 3.63) is 40.9 Å². The van der Waals surface area contributed by atoms with E-state index in [1.807, 2.05) is 11.8 Å². The van der Waals surface area contributed by atoms with Crippen LogP contribution in [0.3, 0.4) is 0 Å². The number of hydrogen-bond donors (Lipinski definition) is 1. The van der Waals surface area contributed by atoms with Gasteiger partial charge < -0.3 is 14.6 Å². The van der Waals surface area contributed by atoms with Gasteiger partial charge in [0.15, 0.2) is 0 Å². The van der Waals surface area contributed by atoms with Crippen molar-refractivity contribution < 1.29 is 9.21 Å². The quantitative estimate of drug-likeness (QED) is 0.707. The minimum atomic E-state index is -0.0691. The van der Waals surface area contributed by atoms with E-state index in [2.05, 4.69) is 46.0 Å². The number of hydrogen-bond acceptors (Lipinski definition) is 7. The van der Waals surface area contributed by atoms with Crippen molar-refractivity contribution >= 4 is 22.8 Å². The zero-order valence-electron chi connectivity index (χ0n) is 17.8. The Balaban J connectivity index is 1.51. The molecule has 1 fully saturated rings. The second-order valence-corrected chi connectivity index (χ2v) is 8.94. The van der Waals surface area contributed by atoms with E-state index in [0.29, 0.717) is 47.2 Å². The molecule has 0 saturated heterocycles. The van der Waals surface area contributed by atoms with Crippen LogP contribution in [0.1, 0.15) is 72.6 Å². The van der Waals surface area contributed by atoms with Crippen molar-refractivity contribution in [2.75, 3.05) is 11.9 Å². The number of nitrogens with zero attached hydrogens (tertiary/aromatic N) is 5. The van der Waals surface area contributed by atoms with Crippen LogP contribution >= 0.6 is 0 Å². The van der Waals surface area contributed by atoms with Crippen molar-refractivity contribution in [3.63, 3.8) is 0 Å². The van der Waals surface area contributed by atoms with Crippen LogP contribution in [-0.2, 0) is 13.0 Å². The smallest absolute Gasteiger partial charge is 0.258 e. The van der Waals surface area contributed by atoms with Gasteiger partial charge in [-0.05, 0) is 44.6 Å². The highest BCUT2D eigenvalue weighted by atomic mass is 16.3. The number of amides is 1. The number of carbonyl (C=O) groups excluding carboxylic acids is 1. The summed E-state index contributed by atoms with van der Waals surface area (Å²) in [5, 5.41) is 4.15. The highest BCUT2D eigenvalue weighted by molar-refractivity contribution is 6.10. The predicted octanol–water partition coefficient (Wildman–Crippen LogP) is 3.61. The normalized spacial score (nSPS) is 17.3. The first-order valence-electron chi connectivity index (χ1n) is 10.5. The first-order valence-corrected chi connectivity index (χ1v) is 10.5. The highest BCUT2D eigenvalue weighted by Crippen LogP contribution is 2.40. The molecule has 1 aliphatic heterocycles. The van der Waals surface area contributed by atoms with Crippen molar-refractivity contribution in [1.82, 2.24) is 24.8 Å². The molecule has 3 aromatic rings. The monoisotopic (exact) mass is 406 g/mol. The summed E-state index contributed by atoms with van der Waals surface area (Å²) in [7, 11) is 0. The van der Waals surface area contributed by atoms with Gasteiger partial charge in [-0.1, -0.05) is 13.8 Å². The van der Waals surface area contributed by atoms with Gasteiger partial charge in [0.1, 0.15) is 24.2 Å². The average molecular weight is 406 g/mol. The van der Waals surface area contributed by atoms with Crippen LogP contribution in [0, 0.1) is 6.92 Å². The van der Waals surface area contributed by atoms with Crippen molar-refractivity contribution in [2.24, 2.45) is 0 Å². The third-order valence-electron chi connectivity index (χ3n) is 6.17. The summed E-state index contributed by atoms with van der Waals surface area (Å²) >= 11 is 0. The summed E-state index contributed by atoms with van der Waals surface area (Å²) in [6.07, 6.45) is 6.00. The Kier molecular flexibility index (Phi) is 4.27. The zero-order chi connectivity index (χ0) is 21.0. The van der Waals surface area contributed by atoms with E-state index in [4.69, 9.17) is 4.42 Å². The Labute approximate surface area is 175 Å². The maximum atomic E-state index is 13.6. The molecule has 1 N–H and O–H groups in total. The number of nitrogens with one attached hydrogen (secondary N) is 1. The van der Waals surface area contributed by atoms with Gasteiger partial charge in [-0.2, -0.15) is 0 Å². The van der Waals surface area contributed by atoms with E-state index in [-0.39, 0.29) is 11.4 Å². The number of aromatic nitrogens is 4. The van der Waals surface area contributed by atoms with Gasteiger partial charge in [-0.25, -0.2) is 19.9 Å². The maximum absolute atomic E-state index is 13.6. The van der Waals surface area contributed by atoms with Gasteiger partial charge in [0.05, 0.1) is 23.2 Å². The van der Waals surface area contributed by atoms with E-state index in [9.17, 15) is 4.79 Å². The molecule has 0 atom stereocenters. The number of aryl methyl sites for hydroxylation is 1. The highest BCUT2D eigenvalue weighted by Gasteiger charge is 2.39. The van der Waals surface area contributed by atoms with E-state index >= 15 is 0 Å². The summed E-state index contributed by atoms with van der Waals surface area (Å²) in [4.78, 5) is 33.1. The number of fused-ring (bicyclic) bond motifs is 2. The Morgan fingerprint density at radius 1 is 1.20 bits per heavy atom. The molecule has 156 valence electrons. The number of furan rings is 1. The van der Waals surface area contributed by atoms with E-state index in [1.54, 1.807) is 6.33 Å². The molecule has 8 nitrogen and oxygen atoms in total. The zero-order valence-corrected chi connectivity index (χ0v) is 17.8. The Bertz CT molecular complexity index is 1150. The number of carbonyl (C=O) groups is 1. The summed E-state index contributed by atoms with van der Waals surface area (Å²) in [5.74, 6) is 1.50. The molecule has 1 aliphatic carbocycles. The molecule has 2 aliphatic rings. The van der Waals surface area contributed by atoms with Crippen LogP contribution in [-0.4, -0.2) is 42.8 Å². The van der Waals surface area contributed by atoms with Crippen LogP contribution in [0.4, 0.5) is 5.82 Å². The second-order valence-electron chi connectivity index (χ2n) is 8.94. The minimum absolute atomic E-state index is 0.0288. The molecule has 0 unspecified atom stereocenters. The fraction of sp³-hybridized carbons (Fsp3) is 0.500. The van der Waals surface area contributed by atoms with E-state index < -0.39 is 0 Å². The largest absolute Gasteiger partial charge is 0.442 e. The van der Waals surface area contributed by atoms with Crippen LogP contribution in [0.25, 0.3) is 11.1 Å². The first-order chi connectivity index (χ1) is 14.4. The molecule has 0 aromatic carbocycles. The topological polar surface area (TPSA) is 97.0 Å².